The molecule has 2 N–H and O–H groups in total. The normalized spacial score (nSPS) is 13.8. The van der Waals surface area contributed by atoms with Crippen molar-refractivity contribution in [2.24, 2.45) is 0 Å². The highest BCUT2D eigenvalue weighted by Crippen LogP contribution is 2.05. The Labute approximate surface area is 93.1 Å². The topological polar surface area (TPSA) is 91.7 Å². The summed E-state index contributed by atoms with van der Waals surface area (Å²) >= 11 is 0. The number of ketones is 3. The van der Waals surface area contributed by atoms with Crippen LogP contribution in [0.25, 0.3) is 0 Å². The molecule has 0 radical (unpaired) electrons. The molecule has 16 heavy (non-hydrogen) atoms. The van der Waals surface area contributed by atoms with E-state index in [0.29, 0.717) is 0 Å². The van der Waals surface area contributed by atoms with Crippen LogP contribution in [0.2, 0.25) is 0 Å². The second kappa shape index (κ2) is 5.48. The predicted octanol–water partition coefficient (Wildman–Crippen LogP) is -0.432. The Morgan fingerprint density at radius 2 is 1.25 bits per heavy atom. The molecule has 0 fully saturated rings. The molecule has 0 bridgehead atoms. The largest absolute Gasteiger partial charge is 0.382 e. The van der Waals surface area contributed by atoms with Crippen LogP contribution in [0, 0.1) is 0 Å². The van der Waals surface area contributed by atoms with Crippen LogP contribution in [0.5, 0.6) is 0 Å². The fraction of sp³-hybridized carbons (Fsp3) is 0.364. The van der Waals surface area contributed by atoms with Gasteiger partial charge in [-0.2, -0.15) is 0 Å². The quantitative estimate of drug-likeness (QED) is 0.473. The summed E-state index contributed by atoms with van der Waals surface area (Å²) in [6.45, 7) is 9.11. The molecule has 5 nitrogen and oxygen atoms in total. The first-order chi connectivity index (χ1) is 7.20. The van der Waals surface area contributed by atoms with Crippen LogP contribution >= 0.6 is 0 Å². The monoisotopic (exact) mass is 226 g/mol. The molecule has 0 rings (SSSR count). The van der Waals surface area contributed by atoms with Gasteiger partial charge >= 0.3 is 0 Å². The van der Waals surface area contributed by atoms with Gasteiger partial charge in [-0.1, -0.05) is 13.2 Å². The number of carbonyl (C=O) groups is 3. The summed E-state index contributed by atoms with van der Waals surface area (Å²) in [4.78, 5) is 33.6. The van der Waals surface area contributed by atoms with Crippen LogP contribution in [0.3, 0.4) is 0 Å². The minimum absolute atomic E-state index is 0.0119. The van der Waals surface area contributed by atoms with E-state index in [4.69, 9.17) is 0 Å². The molecular weight excluding hydrogens is 212 g/mol. The van der Waals surface area contributed by atoms with Crippen molar-refractivity contribution in [2.75, 3.05) is 0 Å². The molecule has 0 aromatic rings. The molecule has 5 heteroatoms. The van der Waals surface area contributed by atoms with Gasteiger partial charge in [0.25, 0.3) is 0 Å². The first-order valence-electron chi connectivity index (χ1n) is 4.50. The Morgan fingerprint density at radius 1 is 0.875 bits per heavy atom. The molecule has 0 aliphatic carbocycles. The molecule has 0 saturated heterocycles. The van der Waals surface area contributed by atoms with Crippen molar-refractivity contribution < 1.29 is 24.6 Å². The van der Waals surface area contributed by atoms with Crippen molar-refractivity contribution in [2.45, 2.75) is 26.1 Å². The zero-order valence-electron chi connectivity index (χ0n) is 9.19. The van der Waals surface area contributed by atoms with E-state index in [2.05, 4.69) is 13.2 Å². The third kappa shape index (κ3) is 3.22. The van der Waals surface area contributed by atoms with Crippen molar-refractivity contribution in [3.05, 3.63) is 24.3 Å². The molecule has 0 heterocycles. The minimum atomic E-state index is -2.08. The van der Waals surface area contributed by atoms with Gasteiger partial charge in [0.2, 0.25) is 11.6 Å². The number of hydrogen-bond donors (Lipinski definition) is 2. The second-order valence-corrected chi connectivity index (χ2v) is 3.51. The number of aliphatic hydroxyl groups excluding tert-OH is 2. The lowest BCUT2D eigenvalue weighted by molar-refractivity contribution is -0.147. The van der Waals surface area contributed by atoms with Crippen LogP contribution < -0.4 is 0 Å². The van der Waals surface area contributed by atoms with Gasteiger partial charge in [0.1, 0.15) is 6.10 Å². The van der Waals surface area contributed by atoms with Crippen LogP contribution in [0.1, 0.15) is 13.8 Å². The summed E-state index contributed by atoms with van der Waals surface area (Å²) < 4.78 is 0. The van der Waals surface area contributed by atoms with E-state index in [1.807, 2.05) is 0 Å². The number of allylic oxidation sites excluding steroid dienone is 1. The molecule has 88 valence electrons. The Kier molecular flexibility index (Phi) is 4.94. The molecule has 0 aliphatic rings. The van der Waals surface area contributed by atoms with Gasteiger partial charge in [0.15, 0.2) is 11.9 Å². The second-order valence-electron chi connectivity index (χ2n) is 3.51. The van der Waals surface area contributed by atoms with Crippen LogP contribution in [0.4, 0.5) is 0 Å². The standard InChI is InChI=1S/C11H14O5/c1-5(2)7(12)9(14)11(16)10(15)8(13)6(3)4/h9,11,14,16H,1,3H2,2,4H3. The Balaban J connectivity index is 4.81. The summed E-state index contributed by atoms with van der Waals surface area (Å²) in [6.07, 6.45) is -4.04. The predicted molar refractivity (Wildman–Crippen MR) is 56.7 cm³/mol. The Morgan fingerprint density at radius 3 is 1.56 bits per heavy atom. The average Bonchev–Trinajstić information content (AvgIpc) is 2.23. The fourth-order valence-electron chi connectivity index (χ4n) is 0.884. The molecule has 0 saturated carbocycles. The van der Waals surface area contributed by atoms with E-state index in [1.165, 1.54) is 13.8 Å². The summed E-state index contributed by atoms with van der Waals surface area (Å²) in [5.41, 5.74) is -0.0823. The number of carbonyl (C=O) groups excluding carboxylic acids is 3. The summed E-state index contributed by atoms with van der Waals surface area (Å²) in [7, 11) is 0. The zero-order valence-corrected chi connectivity index (χ0v) is 9.19. The highest BCUT2D eigenvalue weighted by atomic mass is 16.3. The van der Waals surface area contributed by atoms with E-state index in [0.717, 1.165) is 0 Å². The van der Waals surface area contributed by atoms with E-state index < -0.39 is 29.6 Å². The highest BCUT2D eigenvalue weighted by Gasteiger charge is 2.33. The van der Waals surface area contributed by atoms with E-state index >= 15 is 0 Å². The zero-order chi connectivity index (χ0) is 13.0. The SMILES string of the molecule is C=C(C)C(=O)C(=O)C(O)C(O)C(=O)C(=C)C. The number of rotatable bonds is 6. The third-order valence-electron chi connectivity index (χ3n) is 1.87. The maximum absolute atomic E-state index is 11.3. The van der Waals surface area contributed by atoms with Gasteiger partial charge in [-0.15, -0.1) is 0 Å². The Hall–Kier alpha value is -1.59. The third-order valence-corrected chi connectivity index (χ3v) is 1.87. The van der Waals surface area contributed by atoms with Crippen LogP contribution in [0.15, 0.2) is 24.3 Å². The van der Waals surface area contributed by atoms with Crippen molar-refractivity contribution in [3.8, 4) is 0 Å². The van der Waals surface area contributed by atoms with Gasteiger partial charge in [0, 0.05) is 0 Å². The number of Topliss-reactive ketones (excluding diaryl/α,β-unsaturated/α-hetero) is 3. The summed E-state index contributed by atoms with van der Waals surface area (Å²) in [5, 5.41) is 18.6. The molecule has 0 aromatic carbocycles. The molecule has 2 atom stereocenters. The van der Waals surface area contributed by atoms with Crippen molar-refractivity contribution >= 4 is 17.3 Å². The van der Waals surface area contributed by atoms with E-state index in [9.17, 15) is 24.6 Å². The van der Waals surface area contributed by atoms with Crippen LogP contribution in [-0.4, -0.2) is 39.8 Å². The van der Waals surface area contributed by atoms with Crippen molar-refractivity contribution in [1.29, 1.82) is 0 Å². The van der Waals surface area contributed by atoms with Gasteiger partial charge in [0.05, 0.1) is 0 Å². The number of aliphatic hydroxyl groups is 2. The molecule has 0 aromatic heterocycles. The first kappa shape index (κ1) is 14.4. The Bertz CT molecular complexity index is 367. The molecule has 0 aliphatic heterocycles. The molecule has 0 spiro atoms. The fourth-order valence-corrected chi connectivity index (χ4v) is 0.884. The molecular formula is C11H14O5. The lowest BCUT2D eigenvalue weighted by Crippen LogP contribution is -2.43. The van der Waals surface area contributed by atoms with E-state index in [1.54, 1.807) is 0 Å². The lowest BCUT2D eigenvalue weighted by atomic mass is 9.97. The van der Waals surface area contributed by atoms with Crippen LogP contribution in [-0.2, 0) is 14.4 Å². The summed E-state index contributed by atoms with van der Waals surface area (Å²) in [6, 6.07) is 0. The van der Waals surface area contributed by atoms with Gasteiger partial charge in [-0.25, -0.2) is 0 Å². The highest BCUT2D eigenvalue weighted by molar-refractivity contribution is 6.45. The lowest BCUT2D eigenvalue weighted by Gasteiger charge is -2.14. The van der Waals surface area contributed by atoms with Crippen molar-refractivity contribution in [3.63, 3.8) is 0 Å². The maximum Gasteiger partial charge on any atom is 0.234 e. The van der Waals surface area contributed by atoms with Gasteiger partial charge in [-0.3, -0.25) is 14.4 Å². The van der Waals surface area contributed by atoms with Gasteiger partial charge in [-0.05, 0) is 25.0 Å². The number of hydrogen-bond acceptors (Lipinski definition) is 5. The smallest absolute Gasteiger partial charge is 0.234 e. The minimum Gasteiger partial charge on any atom is -0.382 e. The average molecular weight is 226 g/mol. The van der Waals surface area contributed by atoms with Crippen molar-refractivity contribution in [1.82, 2.24) is 0 Å². The molecule has 0 amide bonds. The van der Waals surface area contributed by atoms with Gasteiger partial charge < -0.3 is 10.2 Å². The maximum atomic E-state index is 11.3. The molecule has 2 unspecified atom stereocenters. The summed E-state index contributed by atoms with van der Waals surface area (Å²) in [5.74, 6) is -3.15. The first-order valence-corrected chi connectivity index (χ1v) is 4.50. The van der Waals surface area contributed by atoms with E-state index in [-0.39, 0.29) is 11.1 Å².